The molecule has 2 amide bonds. The molecule has 4 rings (SSSR count). The SMILES string of the molecule is Cc1ccc(C(C)C)c(Oc2ccc(N3C[C@H](C(=O)OCC(=O)Nc4ccc(Br)c(C)c4C)CC3=O)cc2)c1. The minimum Gasteiger partial charge on any atom is -0.457 e. The number of ether oxygens (including phenoxy) is 2. The van der Waals surface area contributed by atoms with Gasteiger partial charge in [-0.25, -0.2) is 0 Å². The second kappa shape index (κ2) is 12.0. The van der Waals surface area contributed by atoms with Gasteiger partial charge in [0, 0.05) is 28.8 Å². The number of carbonyl (C=O) groups is 3. The van der Waals surface area contributed by atoms with E-state index < -0.39 is 24.4 Å². The van der Waals surface area contributed by atoms with Crippen molar-refractivity contribution in [1.29, 1.82) is 0 Å². The Morgan fingerprint density at radius 1 is 1.03 bits per heavy atom. The van der Waals surface area contributed by atoms with Crippen molar-refractivity contribution in [3.05, 3.63) is 81.3 Å². The van der Waals surface area contributed by atoms with E-state index in [2.05, 4.69) is 47.2 Å². The standard InChI is InChI=1S/C31H33BrN2O5/c1-18(2)25-11-6-19(3)14-28(25)39-24-9-7-23(8-10-24)34-16-22(15-30(34)36)31(37)38-17-29(35)33-27-13-12-26(32)20(4)21(27)5/h6-14,18,22H,15-17H2,1-5H3,(H,33,35)/t22-/m1/s1. The van der Waals surface area contributed by atoms with Crippen LogP contribution in [0, 0.1) is 26.7 Å². The summed E-state index contributed by atoms with van der Waals surface area (Å²) in [5, 5.41) is 2.78. The van der Waals surface area contributed by atoms with Crippen molar-refractivity contribution in [1.82, 2.24) is 0 Å². The molecule has 1 N–H and O–H groups in total. The molecule has 0 radical (unpaired) electrons. The van der Waals surface area contributed by atoms with Crippen molar-refractivity contribution in [3.63, 3.8) is 0 Å². The van der Waals surface area contributed by atoms with Crippen molar-refractivity contribution in [3.8, 4) is 11.5 Å². The minimum atomic E-state index is -0.640. The van der Waals surface area contributed by atoms with Crippen LogP contribution in [-0.2, 0) is 19.1 Å². The number of rotatable bonds is 8. The minimum absolute atomic E-state index is 0.0325. The largest absolute Gasteiger partial charge is 0.457 e. The van der Waals surface area contributed by atoms with Gasteiger partial charge in [-0.1, -0.05) is 41.9 Å². The quantitative estimate of drug-likeness (QED) is 0.290. The molecule has 8 heteroatoms. The van der Waals surface area contributed by atoms with Crippen LogP contribution in [0.2, 0.25) is 0 Å². The first-order valence-corrected chi connectivity index (χ1v) is 13.7. The van der Waals surface area contributed by atoms with Crippen LogP contribution in [0.4, 0.5) is 11.4 Å². The lowest BCUT2D eigenvalue weighted by molar-refractivity contribution is -0.151. The topological polar surface area (TPSA) is 84.9 Å². The lowest BCUT2D eigenvalue weighted by atomic mass is 10.0. The molecule has 0 bridgehead atoms. The Bertz CT molecular complexity index is 1400. The van der Waals surface area contributed by atoms with Crippen LogP contribution in [0.25, 0.3) is 0 Å². The monoisotopic (exact) mass is 592 g/mol. The number of halogens is 1. The molecule has 0 unspecified atom stereocenters. The zero-order valence-electron chi connectivity index (χ0n) is 22.8. The molecule has 204 valence electrons. The van der Waals surface area contributed by atoms with Crippen molar-refractivity contribution < 1.29 is 23.9 Å². The van der Waals surface area contributed by atoms with Crippen LogP contribution in [0.3, 0.4) is 0 Å². The average molecular weight is 594 g/mol. The molecule has 0 aliphatic carbocycles. The first kappa shape index (κ1) is 28.4. The summed E-state index contributed by atoms with van der Waals surface area (Å²) in [5.74, 6) is -0.0117. The molecular formula is C31H33BrN2O5. The average Bonchev–Trinajstić information content (AvgIpc) is 3.29. The molecule has 1 atom stereocenters. The predicted octanol–water partition coefficient (Wildman–Crippen LogP) is 6.82. The van der Waals surface area contributed by atoms with Crippen LogP contribution in [0.1, 0.15) is 48.4 Å². The molecule has 0 spiro atoms. The van der Waals surface area contributed by atoms with Crippen molar-refractivity contribution >= 4 is 45.1 Å². The fourth-order valence-electron chi connectivity index (χ4n) is 4.51. The first-order chi connectivity index (χ1) is 18.5. The van der Waals surface area contributed by atoms with Gasteiger partial charge in [-0.2, -0.15) is 0 Å². The molecule has 3 aromatic rings. The number of esters is 1. The first-order valence-electron chi connectivity index (χ1n) is 12.9. The van der Waals surface area contributed by atoms with Crippen LogP contribution >= 0.6 is 15.9 Å². The Kier molecular flexibility index (Phi) is 8.75. The fourth-order valence-corrected chi connectivity index (χ4v) is 4.94. The van der Waals surface area contributed by atoms with E-state index in [4.69, 9.17) is 9.47 Å². The van der Waals surface area contributed by atoms with Gasteiger partial charge in [-0.15, -0.1) is 0 Å². The molecule has 7 nitrogen and oxygen atoms in total. The van der Waals surface area contributed by atoms with Crippen molar-refractivity contribution in [2.75, 3.05) is 23.4 Å². The van der Waals surface area contributed by atoms with E-state index in [0.29, 0.717) is 23.0 Å². The lowest BCUT2D eigenvalue weighted by Gasteiger charge is -2.18. The summed E-state index contributed by atoms with van der Waals surface area (Å²) in [6.07, 6.45) is 0.0325. The molecule has 0 aromatic heterocycles. The zero-order valence-corrected chi connectivity index (χ0v) is 24.4. The molecule has 1 fully saturated rings. The highest BCUT2D eigenvalue weighted by atomic mass is 79.9. The number of amides is 2. The van der Waals surface area contributed by atoms with E-state index in [9.17, 15) is 14.4 Å². The highest BCUT2D eigenvalue weighted by Gasteiger charge is 2.36. The fraction of sp³-hybridized carbons (Fsp3) is 0.323. The Labute approximate surface area is 237 Å². The Morgan fingerprint density at radius 2 is 1.74 bits per heavy atom. The molecular weight excluding hydrogens is 560 g/mol. The number of aryl methyl sites for hydroxylation is 1. The number of carbonyl (C=O) groups excluding carboxylic acids is 3. The van der Waals surface area contributed by atoms with Crippen LogP contribution in [-0.4, -0.2) is 30.9 Å². The maximum Gasteiger partial charge on any atom is 0.311 e. The van der Waals surface area contributed by atoms with Gasteiger partial charge in [-0.3, -0.25) is 14.4 Å². The van der Waals surface area contributed by atoms with Gasteiger partial charge < -0.3 is 19.7 Å². The second-order valence-electron chi connectivity index (χ2n) is 10.2. The molecule has 1 aliphatic rings. The summed E-state index contributed by atoms with van der Waals surface area (Å²) in [6, 6.07) is 17.1. The highest BCUT2D eigenvalue weighted by molar-refractivity contribution is 9.10. The van der Waals surface area contributed by atoms with Gasteiger partial charge in [0.05, 0.1) is 5.92 Å². The van der Waals surface area contributed by atoms with Crippen molar-refractivity contribution in [2.45, 2.75) is 47.0 Å². The van der Waals surface area contributed by atoms with Gasteiger partial charge in [0.2, 0.25) is 5.91 Å². The summed E-state index contributed by atoms with van der Waals surface area (Å²) < 4.78 is 12.4. The van der Waals surface area contributed by atoms with Gasteiger partial charge in [0.1, 0.15) is 11.5 Å². The van der Waals surface area contributed by atoms with Gasteiger partial charge in [0.15, 0.2) is 6.61 Å². The number of nitrogens with one attached hydrogen (secondary N) is 1. The Hall–Kier alpha value is -3.65. The third-order valence-electron chi connectivity index (χ3n) is 6.97. The number of anilines is 2. The number of hydrogen-bond acceptors (Lipinski definition) is 5. The molecule has 1 saturated heterocycles. The summed E-state index contributed by atoms with van der Waals surface area (Å²) in [5.41, 5.74) is 5.52. The third-order valence-corrected chi connectivity index (χ3v) is 7.83. The summed E-state index contributed by atoms with van der Waals surface area (Å²) in [4.78, 5) is 39.3. The lowest BCUT2D eigenvalue weighted by Crippen LogP contribution is -2.28. The van der Waals surface area contributed by atoms with Crippen LogP contribution in [0.15, 0.2) is 59.1 Å². The summed E-state index contributed by atoms with van der Waals surface area (Å²) in [6.45, 7) is 9.91. The van der Waals surface area contributed by atoms with Gasteiger partial charge in [-0.05, 0) is 91.4 Å². The number of benzene rings is 3. The summed E-state index contributed by atoms with van der Waals surface area (Å²) in [7, 11) is 0. The van der Waals surface area contributed by atoms with Gasteiger partial charge >= 0.3 is 5.97 Å². The molecule has 3 aromatic carbocycles. The maximum absolute atomic E-state index is 12.7. The number of nitrogens with zero attached hydrogens (tertiary/aromatic N) is 1. The molecule has 1 aliphatic heterocycles. The normalized spacial score (nSPS) is 15.0. The second-order valence-corrected chi connectivity index (χ2v) is 11.1. The molecule has 0 saturated carbocycles. The molecule has 1 heterocycles. The maximum atomic E-state index is 12.7. The number of hydrogen-bond donors (Lipinski definition) is 1. The smallest absolute Gasteiger partial charge is 0.311 e. The highest BCUT2D eigenvalue weighted by Crippen LogP contribution is 2.33. The Morgan fingerprint density at radius 3 is 2.44 bits per heavy atom. The van der Waals surface area contributed by atoms with Crippen LogP contribution < -0.4 is 15.0 Å². The van der Waals surface area contributed by atoms with E-state index in [1.165, 1.54) is 0 Å². The van der Waals surface area contributed by atoms with E-state index in [-0.39, 0.29) is 18.9 Å². The van der Waals surface area contributed by atoms with E-state index >= 15 is 0 Å². The summed E-state index contributed by atoms with van der Waals surface area (Å²) >= 11 is 3.47. The predicted molar refractivity (Wildman–Crippen MR) is 155 cm³/mol. The van der Waals surface area contributed by atoms with E-state index in [1.807, 2.05) is 57.2 Å². The van der Waals surface area contributed by atoms with Gasteiger partial charge in [0.25, 0.3) is 5.91 Å². The zero-order chi connectivity index (χ0) is 28.3. The van der Waals surface area contributed by atoms with Crippen LogP contribution in [0.5, 0.6) is 11.5 Å². The van der Waals surface area contributed by atoms with Crippen molar-refractivity contribution in [2.24, 2.45) is 5.92 Å². The molecule has 39 heavy (non-hydrogen) atoms. The Balaban J connectivity index is 1.33. The van der Waals surface area contributed by atoms with E-state index in [1.54, 1.807) is 11.0 Å². The van der Waals surface area contributed by atoms with E-state index in [0.717, 1.165) is 32.5 Å². The third kappa shape index (κ3) is 6.68.